The molecule has 0 aliphatic carbocycles. The molecule has 2 unspecified atom stereocenters. The molecule has 0 aliphatic heterocycles. The minimum atomic E-state index is -4.71. The number of anilines is 2. The molecule has 0 saturated heterocycles. The van der Waals surface area contributed by atoms with Crippen molar-refractivity contribution in [3.05, 3.63) is 113 Å². The Kier molecular flexibility index (Phi) is 12.5. The molecule has 0 aliphatic rings. The number of pyridine rings is 2. The Morgan fingerprint density at radius 2 is 1.74 bits per heavy atom. The Labute approximate surface area is 268 Å². The predicted molar refractivity (Wildman–Crippen MR) is 176 cm³/mol. The van der Waals surface area contributed by atoms with Crippen LogP contribution in [-0.4, -0.2) is 22.4 Å². The second kappa shape index (κ2) is 16.1. The maximum atomic E-state index is 13.5. The van der Waals surface area contributed by atoms with E-state index in [2.05, 4.69) is 60.2 Å². The fourth-order valence-electron chi connectivity index (χ4n) is 4.46. The number of benzene rings is 1. The first-order valence-corrected chi connectivity index (χ1v) is 15.2. The van der Waals surface area contributed by atoms with E-state index in [0.717, 1.165) is 54.3 Å². The van der Waals surface area contributed by atoms with E-state index in [9.17, 15) is 22.4 Å². The summed E-state index contributed by atoms with van der Waals surface area (Å²) in [6.45, 7) is 15.6. The molecule has 0 bridgehead atoms. The van der Waals surface area contributed by atoms with Gasteiger partial charge in [-0.25, -0.2) is 9.37 Å². The summed E-state index contributed by atoms with van der Waals surface area (Å²) in [5.41, 5.74) is 9.32. The molecule has 7 nitrogen and oxygen atoms in total. The molecule has 0 fully saturated rings. The largest absolute Gasteiger partial charge is 0.417 e. The Morgan fingerprint density at radius 3 is 2.30 bits per heavy atom. The molecule has 2 atom stereocenters. The number of aromatic nitrogens is 2. The minimum Gasteiger partial charge on any atom is -0.385 e. The summed E-state index contributed by atoms with van der Waals surface area (Å²) < 4.78 is 53.7. The molecule has 2 aromatic heterocycles. The van der Waals surface area contributed by atoms with E-state index in [1.54, 1.807) is 6.20 Å². The number of nitrogens with zero attached hydrogens (tertiary/aromatic N) is 2. The van der Waals surface area contributed by atoms with E-state index in [1.165, 1.54) is 12.1 Å². The molecule has 2 heterocycles. The fraction of sp³-hybridized carbons (Fsp3) is 0.343. The van der Waals surface area contributed by atoms with Gasteiger partial charge in [-0.15, -0.1) is 0 Å². The molecule has 246 valence electrons. The number of carbonyl (C=O) groups is 1. The third kappa shape index (κ3) is 9.42. The van der Waals surface area contributed by atoms with Crippen LogP contribution in [0.5, 0.6) is 0 Å². The van der Waals surface area contributed by atoms with Crippen molar-refractivity contribution in [3.63, 3.8) is 0 Å². The van der Waals surface area contributed by atoms with Crippen molar-refractivity contribution in [3.8, 4) is 0 Å². The van der Waals surface area contributed by atoms with Gasteiger partial charge >= 0.3 is 6.18 Å². The van der Waals surface area contributed by atoms with Crippen LogP contribution in [0.25, 0.3) is 5.57 Å². The van der Waals surface area contributed by atoms with Crippen LogP contribution in [0, 0.1) is 17.7 Å². The number of allylic oxidation sites excluding steroid dienone is 4. The lowest BCUT2D eigenvalue weighted by Crippen LogP contribution is -2.28. The highest BCUT2D eigenvalue weighted by molar-refractivity contribution is 6.07. The molecular formula is C35H42F4N6O. The lowest BCUT2D eigenvalue weighted by atomic mass is 9.87. The summed E-state index contributed by atoms with van der Waals surface area (Å²) >= 11 is 0. The van der Waals surface area contributed by atoms with Gasteiger partial charge in [-0.1, -0.05) is 52.8 Å². The topological polar surface area (TPSA) is 105 Å². The summed E-state index contributed by atoms with van der Waals surface area (Å²) in [6.07, 6.45) is 1.44. The average Bonchev–Trinajstić information content (AvgIpc) is 3.04. The van der Waals surface area contributed by atoms with E-state index in [4.69, 9.17) is 5.73 Å². The molecule has 3 aromatic rings. The van der Waals surface area contributed by atoms with Crippen LogP contribution in [0.15, 0.2) is 84.5 Å². The van der Waals surface area contributed by atoms with Crippen molar-refractivity contribution in [1.82, 2.24) is 15.3 Å². The molecule has 11 heteroatoms. The molecule has 3 rings (SSSR count). The molecular weight excluding hydrogens is 596 g/mol. The lowest BCUT2D eigenvalue weighted by molar-refractivity contribution is -0.137. The lowest BCUT2D eigenvalue weighted by Gasteiger charge is -2.23. The van der Waals surface area contributed by atoms with Crippen LogP contribution in [0.1, 0.15) is 74.6 Å². The number of halogens is 4. The van der Waals surface area contributed by atoms with Crippen LogP contribution in [0.3, 0.4) is 0 Å². The zero-order valence-electron chi connectivity index (χ0n) is 26.9. The smallest absolute Gasteiger partial charge is 0.385 e. The summed E-state index contributed by atoms with van der Waals surface area (Å²) in [5, 5.41) is 8.81. The molecule has 1 aromatic carbocycles. The zero-order valence-corrected chi connectivity index (χ0v) is 26.9. The Morgan fingerprint density at radius 1 is 1.04 bits per heavy atom. The van der Waals surface area contributed by atoms with Gasteiger partial charge in [-0.05, 0) is 72.7 Å². The van der Waals surface area contributed by atoms with Gasteiger partial charge in [-0.2, -0.15) is 13.2 Å². The van der Waals surface area contributed by atoms with Gasteiger partial charge in [0.1, 0.15) is 17.5 Å². The Hall–Kier alpha value is -4.67. The van der Waals surface area contributed by atoms with Crippen LogP contribution in [-0.2, 0) is 12.7 Å². The highest BCUT2D eigenvalue weighted by atomic mass is 19.4. The molecule has 0 saturated carbocycles. The molecule has 46 heavy (non-hydrogen) atoms. The standard InChI is InChI=1S/C35H42F4N6O/c1-7-21(4)17-42-32(40)31(23(6)22(5)8-2)28(9-3)30-15-10-24(18-41-30)19-43-33-29(16-25(20-44-33)35(37,38)39)34(46)45-27-13-11-26(36)12-14-27/h9-16,18,20-22,42H,6-8,17,19,40H2,1-5H3,(H,43,44)(H,45,46)/b28-9-,32-31+. The molecule has 1 amide bonds. The van der Waals surface area contributed by atoms with Gasteiger partial charge in [0.25, 0.3) is 5.91 Å². The van der Waals surface area contributed by atoms with Gasteiger partial charge < -0.3 is 21.7 Å². The zero-order chi connectivity index (χ0) is 34.0. The normalized spacial score (nSPS) is 13.8. The van der Waals surface area contributed by atoms with E-state index in [1.807, 2.05) is 25.1 Å². The average molecular weight is 639 g/mol. The highest BCUT2D eigenvalue weighted by Gasteiger charge is 2.32. The van der Waals surface area contributed by atoms with Crippen molar-refractivity contribution in [2.24, 2.45) is 17.6 Å². The quantitative estimate of drug-likeness (QED) is 0.105. The van der Waals surface area contributed by atoms with Crippen molar-refractivity contribution < 1.29 is 22.4 Å². The van der Waals surface area contributed by atoms with E-state index >= 15 is 0 Å². The van der Waals surface area contributed by atoms with E-state index < -0.39 is 23.5 Å². The van der Waals surface area contributed by atoms with Gasteiger partial charge in [0.05, 0.1) is 16.8 Å². The number of nitrogens with two attached hydrogens (primary N) is 1. The second-order valence-corrected chi connectivity index (χ2v) is 11.2. The Balaban J connectivity index is 1.87. The summed E-state index contributed by atoms with van der Waals surface area (Å²) in [5.74, 6) is -0.254. The third-order valence-corrected chi connectivity index (χ3v) is 7.82. The van der Waals surface area contributed by atoms with Crippen LogP contribution in [0.4, 0.5) is 29.1 Å². The van der Waals surface area contributed by atoms with E-state index in [0.29, 0.717) is 29.2 Å². The number of alkyl halides is 3. The van der Waals surface area contributed by atoms with Gasteiger partial charge in [0.15, 0.2) is 0 Å². The number of amides is 1. The minimum absolute atomic E-state index is 0.0546. The van der Waals surface area contributed by atoms with Crippen LogP contribution < -0.4 is 21.7 Å². The van der Waals surface area contributed by atoms with E-state index in [-0.39, 0.29) is 29.5 Å². The van der Waals surface area contributed by atoms with Gasteiger partial charge in [0.2, 0.25) is 0 Å². The first-order valence-electron chi connectivity index (χ1n) is 15.2. The number of hydrogen-bond donors (Lipinski definition) is 4. The first kappa shape index (κ1) is 35.8. The summed E-state index contributed by atoms with van der Waals surface area (Å²) in [4.78, 5) is 21.6. The fourth-order valence-corrected chi connectivity index (χ4v) is 4.46. The second-order valence-electron chi connectivity index (χ2n) is 11.2. The maximum Gasteiger partial charge on any atom is 0.417 e. The van der Waals surface area contributed by atoms with Crippen molar-refractivity contribution in [2.75, 3.05) is 17.2 Å². The number of hydrogen-bond acceptors (Lipinski definition) is 6. The SMILES string of the molecule is C=C(C(/C(=C\C)c1ccc(CNc2ncc(C(F)(F)F)cc2C(=O)Nc2ccc(F)cc2)cn1)=C(/N)NCC(C)CC)C(C)CC. The molecule has 0 spiro atoms. The summed E-state index contributed by atoms with van der Waals surface area (Å²) in [7, 11) is 0. The van der Waals surface area contributed by atoms with Gasteiger partial charge in [0, 0.05) is 42.3 Å². The molecule has 0 radical (unpaired) electrons. The molecule has 5 N–H and O–H groups in total. The monoisotopic (exact) mass is 638 g/mol. The predicted octanol–water partition coefficient (Wildman–Crippen LogP) is 8.31. The van der Waals surface area contributed by atoms with Crippen molar-refractivity contribution in [1.29, 1.82) is 0 Å². The first-order chi connectivity index (χ1) is 21.8. The number of nitrogens with one attached hydrogen (secondary N) is 3. The van der Waals surface area contributed by atoms with Crippen LogP contribution in [0.2, 0.25) is 0 Å². The third-order valence-electron chi connectivity index (χ3n) is 7.82. The number of carbonyl (C=O) groups excluding carboxylic acids is 1. The Bertz CT molecular complexity index is 1560. The van der Waals surface area contributed by atoms with Crippen molar-refractivity contribution >= 4 is 23.0 Å². The van der Waals surface area contributed by atoms with Crippen molar-refractivity contribution in [2.45, 2.75) is 60.2 Å². The summed E-state index contributed by atoms with van der Waals surface area (Å²) in [6, 6.07) is 9.26. The van der Waals surface area contributed by atoms with Crippen LogP contribution >= 0.6 is 0 Å². The number of rotatable bonds is 14. The van der Waals surface area contributed by atoms with Gasteiger partial charge in [-0.3, -0.25) is 9.78 Å². The highest BCUT2D eigenvalue weighted by Crippen LogP contribution is 2.34. The maximum absolute atomic E-state index is 13.5.